The molecule has 35 heavy (non-hydrogen) atoms. The summed E-state index contributed by atoms with van der Waals surface area (Å²) in [4.78, 5) is 11.0. The van der Waals surface area contributed by atoms with E-state index < -0.39 is 5.82 Å². The van der Waals surface area contributed by atoms with Crippen molar-refractivity contribution in [3.8, 4) is 11.5 Å². The van der Waals surface area contributed by atoms with Crippen molar-refractivity contribution in [1.29, 1.82) is 0 Å². The molecule has 0 aliphatic carbocycles. The number of nitrogens with one attached hydrogen (secondary N) is 1. The van der Waals surface area contributed by atoms with Gasteiger partial charge in [0, 0.05) is 24.5 Å². The maximum atomic E-state index is 14.4. The number of hydrogen-bond donors (Lipinski definition) is 1. The van der Waals surface area contributed by atoms with Gasteiger partial charge in [-0.2, -0.15) is 0 Å². The Morgan fingerprint density at radius 2 is 1.97 bits per heavy atom. The van der Waals surface area contributed by atoms with E-state index in [4.69, 9.17) is 42.1 Å². The largest absolute Gasteiger partial charge is 0.493 e. The summed E-state index contributed by atoms with van der Waals surface area (Å²) in [5, 5.41) is 3.95. The molecular formula is C23H24Cl3FN4O4. The van der Waals surface area contributed by atoms with Gasteiger partial charge in [-0.15, -0.1) is 12.4 Å². The van der Waals surface area contributed by atoms with E-state index in [0.29, 0.717) is 54.1 Å². The van der Waals surface area contributed by atoms with Crippen LogP contribution in [0.1, 0.15) is 0 Å². The molecule has 8 nitrogen and oxygen atoms in total. The van der Waals surface area contributed by atoms with Gasteiger partial charge in [-0.3, -0.25) is 4.90 Å². The zero-order valence-corrected chi connectivity index (χ0v) is 21.1. The molecule has 1 N–H and O–H groups in total. The van der Waals surface area contributed by atoms with Crippen molar-refractivity contribution in [1.82, 2.24) is 14.9 Å². The van der Waals surface area contributed by atoms with Gasteiger partial charge in [0.25, 0.3) is 0 Å². The first-order valence-corrected chi connectivity index (χ1v) is 11.6. The van der Waals surface area contributed by atoms with Crippen LogP contribution in [0.5, 0.6) is 11.5 Å². The van der Waals surface area contributed by atoms with Crippen LogP contribution in [0.15, 0.2) is 30.6 Å². The lowest BCUT2D eigenvalue weighted by atomic mass is 10.1. The van der Waals surface area contributed by atoms with E-state index in [-0.39, 0.29) is 34.2 Å². The highest BCUT2D eigenvalue weighted by atomic mass is 35.5. The highest BCUT2D eigenvalue weighted by molar-refractivity contribution is 6.42. The van der Waals surface area contributed by atoms with Crippen LogP contribution in [0.2, 0.25) is 10.0 Å². The summed E-state index contributed by atoms with van der Waals surface area (Å²) in [5.74, 6) is 0.872. The number of rotatable bonds is 6. The Morgan fingerprint density at radius 1 is 1.14 bits per heavy atom. The highest BCUT2D eigenvalue weighted by Gasteiger charge is 2.31. The molecule has 0 bridgehead atoms. The van der Waals surface area contributed by atoms with Crippen LogP contribution in [0.3, 0.4) is 0 Å². The first-order chi connectivity index (χ1) is 16.5. The van der Waals surface area contributed by atoms with Crippen LogP contribution in [-0.2, 0) is 9.47 Å². The lowest BCUT2D eigenvalue weighted by Gasteiger charge is -2.41. The fraction of sp³-hybridized carbons (Fsp3) is 0.391. The van der Waals surface area contributed by atoms with Crippen molar-refractivity contribution < 1.29 is 23.3 Å². The predicted molar refractivity (Wildman–Crippen MR) is 134 cm³/mol. The first kappa shape index (κ1) is 25.9. The van der Waals surface area contributed by atoms with E-state index >= 15 is 0 Å². The molecule has 2 aliphatic heterocycles. The Kier molecular flexibility index (Phi) is 8.36. The SMILES string of the molecule is COc1cc2c(Nc3cc(Cl)c(Cl)cc3F)ncnc2cc1OC[C@H]1CN2CCOC[C@H]2CO1.Cl. The molecule has 188 valence electrons. The molecule has 2 atom stereocenters. The zero-order chi connectivity index (χ0) is 23.7. The van der Waals surface area contributed by atoms with Gasteiger partial charge in [-0.25, -0.2) is 14.4 Å². The minimum Gasteiger partial charge on any atom is -0.493 e. The van der Waals surface area contributed by atoms with Crippen molar-refractivity contribution in [3.63, 3.8) is 0 Å². The number of nitrogens with zero attached hydrogens (tertiary/aromatic N) is 3. The number of halogens is 4. The first-order valence-electron chi connectivity index (χ1n) is 10.8. The quantitative estimate of drug-likeness (QED) is 0.446. The molecule has 0 saturated carbocycles. The molecule has 3 aromatic rings. The Labute approximate surface area is 218 Å². The molecule has 2 fully saturated rings. The number of benzene rings is 2. The summed E-state index contributed by atoms with van der Waals surface area (Å²) in [6, 6.07) is 6.39. The Hall–Kier alpha value is -2.14. The maximum Gasteiger partial charge on any atom is 0.163 e. The van der Waals surface area contributed by atoms with E-state index in [9.17, 15) is 4.39 Å². The summed E-state index contributed by atoms with van der Waals surface area (Å²) < 4.78 is 37.5. The maximum absolute atomic E-state index is 14.4. The Balaban J connectivity index is 0.00000289. The number of aromatic nitrogens is 2. The molecule has 5 rings (SSSR count). The Bertz CT molecular complexity index is 1210. The molecule has 12 heteroatoms. The second kappa shape index (κ2) is 11.3. The minimum atomic E-state index is -0.553. The summed E-state index contributed by atoms with van der Waals surface area (Å²) in [7, 11) is 1.55. The number of methoxy groups -OCH3 is 1. The van der Waals surface area contributed by atoms with Crippen molar-refractivity contribution in [2.75, 3.05) is 51.9 Å². The summed E-state index contributed by atoms with van der Waals surface area (Å²) in [6.45, 7) is 4.12. The number of fused-ring (bicyclic) bond motifs is 2. The lowest BCUT2D eigenvalue weighted by Crippen LogP contribution is -2.56. The smallest absolute Gasteiger partial charge is 0.163 e. The minimum absolute atomic E-state index is 0. The van der Waals surface area contributed by atoms with Gasteiger partial charge in [0.15, 0.2) is 11.5 Å². The Morgan fingerprint density at radius 3 is 2.80 bits per heavy atom. The van der Waals surface area contributed by atoms with Crippen molar-refractivity contribution >= 4 is 58.0 Å². The molecular weight excluding hydrogens is 522 g/mol. The van der Waals surface area contributed by atoms with Gasteiger partial charge in [0.2, 0.25) is 0 Å². The molecule has 0 unspecified atom stereocenters. The fourth-order valence-corrected chi connectivity index (χ4v) is 4.42. The van der Waals surface area contributed by atoms with Gasteiger partial charge in [-0.05, 0) is 18.2 Å². The summed E-state index contributed by atoms with van der Waals surface area (Å²) in [5.41, 5.74) is 0.746. The third-order valence-corrected chi connectivity index (χ3v) is 6.64. The van der Waals surface area contributed by atoms with Crippen LogP contribution in [0, 0.1) is 5.82 Å². The van der Waals surface area contributed by atoms with Crippen LogP contribution in [-0.4, -0.2) is 73.6 Å². The van der Waals surface area contributed by atoms with Gasteiger partial charge >= 0.3 is 0 Å². The third kappa shape index (κ3) is 5.66. The molecule has 2 aromatic carbocycles. The number of anilines is 2. The molecule has 3 heterocycles. The van der Waals surface area contributed by atoms with Crippen molar-refractivity contribution in [2.24, 2.45) is 0 Å². The summed E-state index contributed by atoms with van der Waals surface area (Å²) >= 11 is 11.9. The predicted octanol–water partition coefficient (Wildman–Crippen LogP) is 4.73. The average Bonchev–Trinajstić information content (AvgIpc) is 2.85. The van der Waals surface area contributed by atoms with Crippen LogP contribution < -0.4 is 14.8 Å². The van der Waals surface area contributed by atoms with Gasteiger partial charge in [-0.1, -0.05) is 23.2 Å². The monoisotopic (exact) mass is 544 g/mol. The molecule has 0 radical (unpaired) electrons. The van der Waals surface area contributed by atoms with E-state index in [1.807, 2.05) is 0 Å². The fourth-order valence-electron chi connectivity index (χ4n) is 4.11. The molecule has 2 aliphatic rings. The van der Waals surface area contributed by atoms with Crippen molar-refractivity contribution in [2.45, 2.75) is 12.1 Å². The normalized spacial score (nSPS) is 20.1. The topological polar surface area (TPSA) is 78.0 Å². The number of ether oxygens (including phenoxy) is 4. The van der Waals surface area contributed by atoms with Crippen molar-refractivity contribution in [3.05, 3.63) is 46.5 Å². The van der Waals surface area contributed by atoms with Crippen LogP contribution in [0.4, 0.5) is 15.9 Å². The molecule has 1 aromatic heterocycles. The van der Waals surface area contributed by atoms with Crippen LogP contribution in [0.25, 0.3) is 10.9 Å². The second-order valence-corrected chi connectivity index (χ2v) is 8.92. The van der Waals surface area contributed by atoms with E-state index in [1.165, 1.54) is 12.4 Å². The van der Waals surface area contributed by atoms with E-state index in [0.717, 1.165) is 25.8 Å². The van der Waals surface area contributed by atoms with E-state index in [2.05, 4.69) is 20.2 Å². The zero-order valence-electron chi connectivity index (χ0n) is 18.8. The van der Waals surface area contributed by atoms with Crippen LogP contribution >= 0.6 is 35.6 Å². The second-order valence-electron chi connectivity index (χ2n) is 8.10. The summed E-state index contributed by atoms with van der Waals surface area (Å²) in [6.07, 6.45) is 1.33. The lowest BCUT2D eigenvalue weighted by molar-refractivity contribution is -0.124. The average molecular weight is 546 g/mol. The molecule has 0 spiro atoms. The van der Waals surface area contributed by atoms with Gasteiger partial charge in [0.1, 0.15) is 30.7 Å². The molecule has 2 saturated heterocycles. The standard InChI is InChI=1S/C23H23Cl2FN4O4.ClH/c1-31-21-4-15-19(27-12-28-23(15)29-20-6-17(25)16(24)5-18(20)26)7-22(21)34-11-14-8-30-2-3-32-9-13(30)10-33-14;/h4-7,12-14H,2-3,8-11H2,1H3,(H,27,28,29);1H/t13-,14+;/m0./s1. The number of hydrogen-bond acceptors (Lipinski definition) is 8. The highest BCUT2D eigenvalue weighted by Crippen LogP contribution is 2.36. The van der Waals surface area contributed by atoms with Gasteiger partial charge in [0.05, 0.1) is 54.2 Å². The van der Waals surface area contributed by atoms with E-state index in [1.54, 1.807) is 19.2 Å². The number of morpholine rings is 2. The van der Waals surface area contributed by atoms with Gasteiger partial charge < -0.3 is 24.3 Å². The molecule has 0 amide bonds. The third-order valence-electron chi connectivity index (χ3n) is 5.92.